The molecule has 0 saturated heterocycles. The first-order valence-electron chi connectivity index (χ1n) is 5.45. The van der Waals surface area contributed by atoms with Crippen LogP contribution in [-0.2, 0) is 19.6 Å². The van der Waals surface area contributed by atoms with Gasteiger partial charge in [0.15, 0.2) is 0 Å². The van der Waals surface area contributed by atoms with Gasteiger partial charge in [-0.25, -0.2) is 18.1 Å². The lowest BCUT2D eigenvalue weighted by Gasteiger charge is -2.07. The Morgan fingerprint density at radius 2 is 2.21 bits per heavy atom. The van der Waals surface area contributed by atoms with Gasteiger partial charge in [-0.2, -0.15) is 0 Å². The maximum atomic E-state index is 11.8. The van der Waals surface area contributed by atoms with Crippen LogP contribution in [-0.4, -0.2) is 46.1 Å². The third kappa shape index (κ3) is 5.20. The first kappa shape index (κ1) is 15.3. The molecule has 0 aromatic carbocycles. The molecule has 4 N–H and O–H groups in total. The molecule has 1 aromatic heterocycles. The summed E-state index contributed by atoms with van der Waals surface area (Å²) in [7, 11) is -1.94. The van der Waals surface area contributed by atoms with Crippen LogP contribution in [0.15, 0.2) is 23.2 Å². The molecule has 0 radical (unpaired) electrons. The Bertz CT molecular complexity index is 515. The van der Waals surface area contributed by atoms with Crippen molar-refractivity contribution in [3.63, 3.8) is 0 Å². The zero-order chi connectivity index (χ0) is 14.3. The quantitative estimate of drug-likeness (QED) is 0.522. The molecule has 0 aliphatic rings. The van der Waals surface area contributed by atoms with Gasteiger partial charge in [0.05, 0.1) is 6.61 Å². The van der Waals surface area contributed by atoms with Gasteiger partial charge in [-0.3, -0.25) is 4.79 Å². The summed E-state index contributed by atoms with van der Waals surface area (Å²) in [5.41, 5.74) is 4.86. The Morgan fingerprint density at radius 1 is 1.47 bits per heavy atom. The monoisotopic (exact) mass is 288 g/mol. The molecular weight excluding hydrogens is 272 g/mol. The highest BCUT2D eigenvalue weighted by Crippen LogP contribution is 2.09. The number of hydrogen-bond acceptors (Lipinski definition) is 6. The number of nitrogens with two attached hydrogens (primary N) is 1. The van der Waals surface area contributed by atoms with Gasteiger partial charge in [0, 0.05) is 19.8 Å². The smallest absolute Gasteiger partial charge is 0.243 e. The fraction of sp³-hybridized carbons (Fsp3) is 0.400. The zero-order valence-corrected chi connectivity index (χ0v) is 11.2. The second-order valence-corrected chi connectivity index (χ2v) is 5.31. The summed E-state index contributed by atoms with van der Waals surface area (Å²) in [6, 6.07) is 2.99. The van der Waals surface area contributed by atoms with E-state index in [1.54, 1.807) is 13.1 Å². The Kier molecular flexibility index (Phi) is 5.67. The number of nitrogens with one attached hydrogen (secondary N) is 2. The van der Waals surface area contributed by atoms with Crippen molar-refractivity contribution in [2.45, 2.75) is 4.90 Å². The minimum absolute atomic E-state index is 0.0450. The molecule has 0 bridgehead atoms. The molecular formula is C10H16N4O4S. The number of pyridine rings is 1. The molecule has 19 heavy (non-hydrogen) atoms. The predicted octanol–water partition coefficient (Wildman–Crippen LogP) is -1.10. The number of hydrogen-bond donors (Lipinski definition) is 3. The molecule has 0 aliphatic carbocycles. The number of aromatic nitrogens is 1. The third-order valence-electron chi connectivity index (χ3n) is 2.09. The number of sulfonamides is 1. The van der Waals surface area contributed by atoms with Crippen molar-refractivity contribution < 1.29 is 17.9 Å². The molecule has 1 heterocycles. The number of rotatable bonds is 8. The Labute approximate surface area is 111 Å². The van der Waals surface area contributed by atoms with Crippen molar-refractivity contribution in [3.05, 3.63) is 18.3 Å². The van der Waals surface area contributed by atoms with Crippen LogP contribution in [0, 0.1) is 0 Å². The van der Waals surface area contributed by atoms with E-state index in [0.717, 1.165) is 0 Å². The summed E-state index contributed by atoms with van der Waals surface area (Å²) in [5.74, 6) is -0.0292. The summed E-state index contributed by atoms with van der Waals surface area (Å²) in [6.07, 6.45) is 1.25. The van der Waals surface area contributed by atoms with E-state index < -0.39 is 15.9 Å². The van der Waals surface area contributed by atoms with Gasteiger partial charge in [-0.1, -0.05) is 0 Å². The van der Waals surface area contributed by atoms with Crippen LogP contribution in [0.25, 0.3) is 0 Å². The van der Waals surface area contributed by atoms with E-state index in [2.05, 4.69) is 15.0 Å². The highest BCUT2D eigenvalue weighted by Gasteiger charge is 2.13. The van der Waals surface area contributed by atoms with Gasteiger partial charge < -0.3 is 15.8 Å². The van der Waals surface area contributed by atoms with Crippen LogP contribution >= 0.6 is 0 Å². The maximum absolute atomic E-state index is 11.8. The summed E-state index contributed by atoms with van der Waals surface area (Å²) < 4.78 is 30.8. The van der Waals surface area contributed by atoms with Gasteiger partial charge in [-0.15, -0.1) is 0 Å². The number of carbonyl (C=O) groups is 1. The Morgan fingerprint density at radius 3 is 2.74 bits per heavy atom. The molecule has 1 aromatic rings. The number of anilines is 1. The lowest BCUT2D eigenvalue weighted by Crippen LogP contribution is -2.29. The molecule has 0 fully saturated rings. The molecule has 9 heteroatoms. The fourth-order valence-corrected chi connectivity index (χ4v) is 2.15. The Hall–Kier alpha value is -1.71. The number of nitrogens with zero attached hydrogens (tertiary/aromatic N) is 1. The van der Waals surface area contributed by atoms with Crippen LogP contribution in [0.5, 0.6) is 0 Å². The first-order chi connectivity index (χ1) is 8.95. The van der Waals surface area contributed by atoms with Crippen LogP contribution in [0.3, 0.4) is 0 Å². The van der Waals surface area contributed by atoms with Crippen LogP contribution in [0.4, 0.5) is 5.82 Å². The summed E-state index contributed by atoms with van der Waals surface area (Å²) >= 11 is 0. The van der Waals surface area contributed by atoms with Crippen molar-refractivity contribution in [1.29, 1.82) is 0 Å². The first-order valence-corrected chi connectivity index (χ1v) is 6.93. The molecule has 1 rings (SSSR count). The van der Waals surface area contributed by atoms with Crippen molar-refractivity contribution in [2.75, 3.05) is 32.1 Å². The van der Waals surface area contributed by atoms with Crippen LogP contribution < -0.4 is 15.8 Å². The third-order valence-corrected chi connectivity index (χ3v) is 3.53. The Balaban J connectivity index is 2.48. The topological polar surface area (TPSA) is 123 Å². The standard InChI is InChI=1S/C10H16N4O4S/c1-12-10-3-2-8(6-13-10)19(16,17)14-4-5-18-7-9(11)15/h2-3,6,14H,4-5,7H2,1H3,(H2,11,15)(H,12,13). The molecule has 0 spiro atoms. The number of carbonyl (C=O) groups excluding carboxylic acids is 1. The van der Waals surface area contributed by atoms with Crippen molar-refractivity contribution >= 4 is 21.7 Å². The van der Waals surface area contributed by atoms with E-state index in [-0.39, 0.29) is 24.7 Å². The van der Waals surface area contributed by atoms with Crippen molar-refractivity contribution in [3.8, 4) is 0 Å². The number of primary amides is 1. The molecule has 0 atom stereocenters. The van der Waals surface area contributed by atoms with Gasteiger partial charge in [0.1, 0.15) is 17.3 Å². The van der Waals surface area contributed by atoms with Gasteiger partial charge >= 0.3 is 0 Å². The highest BCUT2D eigenvalue weighted by molar-refractivity contribution is 7.89. The fourth-order valence-electron chi connectivity index (χ4n) is 1.19. The molecule has 0 unspecified atom stereocenters. The van der Waals surface area contributed by atoms with Crippen molar-refractivity contribution in [2.24, 2.45) is 5.73 Å². The predicted molar refractivity (Wildman–Crippen MR) is 69.0 cm³/mol. The minimum atomic E-state index is -3.62. The SMILES string of the molecule is CNc1ccc(S(=O)(=O)NCCOCC(N)=O)cn1. The average molecular weight is 288 g/mol. The molecule has 8 nitrogen and oxygen atoms in total. The second kappa shape index (κ2) is 7.02. The number of amides is 1. The van der Waals surface area contributed by atoms with Crippen molar-refractivity contribution in [1.82, 2.24) is 9.71 Å². The zero-order valence-electron chi connectivity index (χ0n) is 10.4. The van der Waals surface area contributed by atoms with Crippen LogP contribution in [0.2, 0.25) is 0 Å². The van der Waals surface area contributed by atoms with E-state index >= 15 is 0 Å². The lowest BCUT2D eigenvalue weighted by molar-refractivity contribution is -0.122. The average Bonchev–Trinajstić information content (AvgIpc) is 2.38. The van der Waals surface area contributed by atoms with Gasteiger partial charge in [-0.05, 0) is 12.1 Å². The molecule has 1 amide bonds. The highest BCUT2D eigenvalue weighted by atomic mass is 32.2. The minimum Gasteiger partial charge on any atom is -0.373 e. The summed E-state index contributed by atoms with van der Waals surface area (Å²) in [4.78, 5) is 14.4. The van der Waals surface area contributed by atoms with Gasteiger partial charge in [0.25, 0.3) is 0 Å². The second-order valence-electron chi connectivity index (χ2n) is 3.55. The van der Waals surface area contributed by atoms with E-state index in [1.807, 2.05) is 0 Å². The summed E-state index contributed by atoms with van der Waals surface area (Å²) in [5, 5.41) is 2.79. The largest absolute Gasteiger partial charge is 0.373 e. The molecule has 0 aliphatic heterocycles. The van der Waals surface area contributed by atoms with E-state index in [0.29, 0.717) is 5.82 Å². The van der Waals surface area contributed by atoms with E-state index in [9.17, 15) is 13.2 Å². The molecule has 106 valence electrons. The summed E-state index contributed by atoms with van der Waals surface area (Å²) in [6.45, 7) is -0.131. The van der Waals surface area contributed by atoms with E-state index in [4.69, 9.17) is 10.5 Å². The number of ether oxygens (including phenoxy) is 1. The normalized spacial score (nSPS) is 11.2. The van der Waals surface area contributed by atoms with E-state index in [1.165, 1.54) is 12.3 Å². The van der Waals surface area contributed by atoms with Gasteiger partial charge in [0.2, 0.25) is 15.9 Å². The van der Waals surface area contributed by atoms with Crippen LogP contribution in [0.1, 0.15) is 0 Å². The molecule has 0 saturated carbocycles. The maximum Gasteiger partial charge on any atom is 0.243 e. The lowest BCUT2D eigenvalue weighted by atomic mass is 10.5.